The number of methoxy groups -OCH3 is 1. The number of hydrogen-bond acceptors (Lipinski definition) is 4. The minimum absolute atomic E-state index is 0.167. The summed E-state index contributed by atoms with van der Waals surface area (Å²) in [5.74, 6) is 0.346. The molecule has 0 heterocycles. The maximum atomic E-state index is 12.0. The molecule has 0 aromatic heterocycles. The number of nitrogens with one attached hydrogen (secondary N) is 1. The number of hydrogen-bond donors (Lipinski definition) is 1. The molecule has 132 valence electrons. The summed E-state index contributed by atoms with van der Waals surface area (Å²) in [6, 6.07) is 13.3. The molecule has 0 bridgehead atoms. The monoisotopic (exact) mass is 360 g/mol. The van der Waals surface area contributed by atoms with Gasteiger partial charge in [-0.1, -0.05) is 18.2 Å². The highest BCUT2D eigenvalue weighted by Crippen LogP contribution is 2.19. The molecule has 1 amide bonds. The molecule has 0 aliphatic carbocycles. The van der Waals surface area contributed by atoms with Gasteiger partial charge in [-0.3, -0.25) is 4.79 Å². The van der Waals surface area contributed by atoms with Gasteiger partial charge in [0.05, 0.1) is 12.0 Å². The molecule has 0 atom stereocenters. The third-order valence-electron chi connectivity index (χ3n) is 3.45. The van der Waals surface area contributed by atoms with Crippen LogP contribution in [0.2, 0.25) is 0 Å². The molecule has 0 saturated heterocycles. The fourth-order valence-electron chi connectivity index (χ4n) is 2.07. The first-order valence-electron chi connectivity index (χ1n) is 7.49. The van der Waals surface area contributed by atoms with Crippen molar-refractivity contribution >= 4 is 27.7 Å². The van der Waals surface area contributed by atoms with Crippen LogP contribution in [0.3, 0.4) is 0 Å². The van der Waals surface area contributed by atoms with E-state index in [0.29, 0.717) is 11.4 Å². The van der Waals surface area contributed by atoms with Crippen LogP contribution in [0, 0.1) is 0 Å². The Bertz CT molecular complexity index is 872. The van der Waals surface area contributed by atoms with Gasteiger partial charge in [0, 0.05) is 31.4 Å². The summed E-state index contributed by atoms with van der Waals surface area (Å²) < 4.78 is 30.4. The molecule has 0 aliphatic heterocycles. The molecular formula is C18H20N2O4S. The summed E-state index contributed by atoms with van der Waals surface area (Å²) in [4.78, 5) is 12.2. The minimum Gasteiger partial charge on any atom is -0.496 e. The molecule has 6 nitrogen and oxygen atoms in total. The van der Waals surface area contributed by atoms with Crippen molar-refractivity contribution in [3.05, 3.63) is 60.2 Å². The number of benzene rings is 2. The molecule has 0 unspecified atom stereocenters. The van der Waals surface area contributed by atoms with Gasteiger partial charge in [-0.2, -0.15) is 0 Å². The van der Waals surface area contributed by atoms with Gasteiger partial charge in [-0.25, -0.2) is 12.7 Å². The summed E-state index contributed by atoms with van der Waals surface area (Å²) in [5, 5.41) is 2.68. The van der Waals surface area contributed by atoms with Gasteiger partial charge in [-0.15, -0.1) is 0 Å². The van der Waals surface area contributed by atoms with Crippen LogP contribution in [-0.2, 0) is 14.8 Å². The Balaban J connectivity index is 2.07. The maximum Gasteiger partial charge on any atom is 0.248 e. The second-order valence-electron chi connectivity index (χ2n) is 5.38. The van der Waals surface area contributed by atoms with Gasteiger partial charge in [0.15, 0.2) is 0 Å². The molecule has 0 spiro atoms. The summed E-state index contributed by atoms with van der Waals surface area (Å²) in [7, 11) is 1.01. The van der Waals surface area contributed by atoms with Crippen molar-refractivity contribution in [2.24, 2.45) is 0 Å². The number of para-hydroxylation sites is 1. The number of rotatable bonds is 6. The number of carbonyl (C=O) groups is 1. The molecular weight excluding hydrogens is 340 g/mol. The average Bonchev–Trinajstić information content (AvgIpc) is 2.60. The van der Waals surface area contributed by atoms with E-state index in [-0.39, 0.29) is 10.8 Å². The largest absolute Gasteiger partial charge is 0.496 e. The fraction of sp³-hybridized carbons (Fsp3) is 0.167. The number of amides is 1. The molecule has 0 saturated carbocycles. The van der Waals surface area contributed by atoms with Crippen molar-refractivity contribution in [2.45, 2.75) is 4.90 Å². The molecule has 25 heavy (non-hydrogen) atoms. The number of nitrogens with zero attached hydrogens (tertiary/aromatic N) is 1. The van der Waals surface area contributed by atoms with Crippen molar-refractivity contribution in [2.75, 3.05) is 26.5 Å². The van der Waals surface area contributed by atoms with Gasteiger partial charge in [0.2, 0.25) is 15.9 Å². The van der Waals surface area contributed by atoms with Crippen molar-refractivity contribution < 1.29 is 17.9 Å². The Morgan fingerprint density at radius 3 is 2.32 bits per heavy atom. The number of sulfonamides is 1. The smallest absolute Gasteiger partial charge is 0.248 e. The third kappa shape index (κ3) is 4.68. The van der Waals surface area contributed by atoms with E-state index >= 15 is 0 Å². The van der Waals surface area contributed by atoms with Gasteiger partial charge >= 0.3 is 0 Å². The van der Waals surface area contributed by atoms with Crippen LogP contribution in [-0.4, -0.2) is 39.8 Å². The Morgan fingerprint density at radius 2 is 1.72 bits per heavy atom. The highest BCUT2D eigenvalue weighted by molar-refractivity contribution is 7.89. The molecule has 0 fully saturated rings. The lowest BCUT2D eigenvalue weighted by Crippen LogP contribution is -2.22. The van der Waals surface area contributed by atoms with Crippen molar-refractivity contribution in [1.82, 2.24) is 4.31 Å². The van der Waals surface area contributed by atoms with Gasteiger partial charge < -0.3 is 10.1 Å². The number of anilines is 1. The average molecular weight is 360 g/mol. The molecule has 2 rings (SSSR count). The van der Waals surface area contributed by atoms with Crippen molar-refractivity contribution in [1.29, 1.82) is 0 Å². The van der Waals surface area contributed by atoms with E-state index in [1.165, 1.54) is 32.3 Å². The Morgan fingerprint density at radius 1 is 1.08 bits per heavy atom. The lowest BCUT2D eigenvalue weighted by Gasteiger charge is -2.11. The molecule has 2 aromatic carbocycles. The maximum absolute atomic E-state index is 12.0. The number of carbonyl (C=O) groups excluding carboxylic acids is 1. The van der Waals surface area contributed by atoms with E-state index in [2.05, 4.69) is 5.32 Å². The van der Waals surface area contributed by atoms with E-state index in [1.807, 2.05) is 24.3 Å². The third-order valence-corrected chi connectivity index (χ3v) is 5.28. The quantitative estimate of drug-likeness (QED) is 0.804. The van der Waals surface area contributed by atoms with E-state index in [9.17, 15) is 13.2 Å². The molecule has 0 radical (unpaired) electrons. The van der Waals surface area contributed by atoms with Crippen LogP contribution >= 0.6 is 0 Å². The first-order chi connectivity index (χ1) is 11.8. The van der Waals surface area contributed by atoms with Crippen LogP contribution < -0.4 is 10.1 Å². The highest BCUT2D eigenvalue weighted by Gasteiger charge is 2.16. The summed E-state index contributed by atoms with van der Waals surface area (Å²) in [6.45, 7) is 0. The fourth-order valence-corrected chi connectivity index (χ4v) is 2.98. The topological polar surface area (TPSA) is 75.7 Å². The standard InChI is InChI=1S/C18H20N2O4S/c1-20(2)25(22,23)16-11-9-15(10-12-16)19-18(21)13-8-14-6-4-5-7-17(14)24-3/h4-13H,1-3H3,(H,19,21)/b13-8-. The molecule has 7 heteroatoms. The van der Waals surface area contributed by atoms with E-state index in [0.717, 1.165) is 9.87 Å². The molecule has 1 N–H and O–H groups in total. The SMILES string of the molecule is COc1ccccc1/C=C\C(=O)Nc1ccc(S(=O)(=O)N(C)C)cc1. The Hall–Kier alpha value is -2.64. The second-order valence-corrected chi connectivity index (χ2v) is 7.53. The zero-order valence-corrected chi connectivity index (χ0v) is 15.1. The van der Waals surface area contributed by atoms with E-state index in [1.54, 1.807) is 25.3 Å². The highest BCUT2D eigenvalue weighted by atomic mass is 32.2. The first-order valence-corrected chi connectivity index (χ1v) is 8.93. The van der Waals surface area contributed by atoms with Crippen LogP contribution in [0.1, 0.15) is 5.56 Å². The Kier molecular flexibility index (Phi) is 5.95. The lowest BCUT2D eigenvalue weighted by molar-refractivity contribution is -0.111. The zero-order chi connectivity index (χ0) is 18.4. The second kappa shape index (κ2) is 7.96. The summed E-state index contributed by atoms with van der Waals surface area (Å²) in [6.07, 6.45) is 3.04. The number of ether oxygens (including phenoxy) is 1. The van der Waals surface area contributed by atoms with Crippen molar-refractivity contribution in [3.63, 3.8) is 0 Å². The van der Waals surface area contributed by atoms with Crippen LogP contribution in [0.4, 0.5) is 5.69 Å². The zero-order valence-electron chi connectivity index (χ0n) is 14.3. The van der Waals surface area contributed by atoms with Gasteiger partial charge in [0.1, 0.15) is 5.75 Å². The Labute approximate surface area is 147 Å². The predicted octanol–water partition coefficient (Wildman–Crippen LogP) is 2.60. The molecule has 2 aromatic rings. The predicted molar refractivity (Wildman–Crippen MR) is 98.0 cm³/mol. The van der Waals surface area contributed by atoms with Crippen LogP contribution in [0.15, 0.2) is 59.5 Å². The van der Waals surface area contributed by atoms with Gasteiger partial charge in [0.25, 0.3) is 0 Å². The first kappa shape index (κ1) is 18.7. The van der Waals surface area contributed by atoms with Crippen LogP contribution in [0.5, 0.6) is 5.75 Å². The minimum atomic E-state index is -3.48. The lowest BCUT2D eigenvalue weighted by atomic mass is 10.2. The van der Waals surface area contributed by atoms with Crippen molar-refractivity contribution in [3.8, 4) is 5.75 Å². The van der Waals surface area contributed by atoms with Crippen LogP contribution in [0.25, 0.3) is 6.08 Å². The van der Waals surface area contributed by atoms with E-state index < -0.39 is 10.0 Å². The summed E-state index contributed by atoms with van der Waals surface area (Å²) >= 11 is 0. The summed E-state index contributed by atoms with van der Waals surface area (Å²) in [5.41, 5.74) is 1.29. The normalized spacial score (nSPS) is 11.7. The van der Waals surface area contributed by atoms with Gasteiger partial charge in [-0.05, 0) is 36.4 Å². The van der Waals surface area contributed by atoms with E-state index in [4.69, 9.17) is 4.74 Å². The molecule has 0 aliphatic rings.